The van der Waals surface area contributed by atoms with Crippen molar-refractivity contribution in [2.75, 3.05) is 13.1 Å². The fourth-order valence-electron chi connectivity index (χ4n) is 2.24. The van der Waals surface area contributed by atoms with Crippen LogP contribution in [0.15, 0.2) is 30.3 Å². The quantitative estimate of drug-likeness (QED) is 0.448. The predicted molar refractivity (Wildman–Crippen MR) is 78.5 cm³/mol. The average Bonchev–Trinajstić information content (AvgIpc) is 2.48. The second-order valence-corrected chi connectivity index (χ2v) is 4.82. The maximum absolute atomic E-state index is 12.0. The second-order valence-electron chi connectivity index (χ2n) is 4.82. The Morgan fingerprint density at radius 2 is 1.95 bits per heavy atom. The zero-order valence-corrected chi connectivity index (χ0v) is 12.1. The van der Waals surface area contributed by atoms with Crippen LogP contribution in [0.2, 0.25) is 0 Å². The summed E-state index contributed by atoms with van der Waals surface area (Å²) in [6.07, 6.45) is 1.07. The maximum atomic E-state index is 12.0. The Balaban J connectivity index is 2.89. The first-order valence-electron chi connectivity index (χ1n) is 6.93. The molecule has 0 bridgehead atoms. The number of hydrazine groups is 1. The number of carbonyl (C=O) groups excluding carboxylic acids is 1. The number of nitrogens with two attached hydrogens (primary N) is 1. The molecule has 106 valence electrons. The van der Waals surface area contributed by atoms with Gasteiger partial charge in [-0.3, -0.25) is 15.1 Å². The molecule has 1 rings (SSSR count). The van der Waals surface area contributed by atoms with Crippen molar-refractivity contribution >= 4 is 5.91 Å². The van der Waals surface area contributed by atoms with Crippen LogP contribution in [-0.2, 0) is 4.79 Å². The number of benzene rings is 1. The summed E-state index contributed by atoms with van der Waals surface area (Å²) >= 11 is 0. The molecule has 0 aliphatic carbocycles. The molecular formula is C15H25N3O. The van der Waals surface area contributed by atoms with E-state index in [4.69, 9.17) is 5.84 Å². The van der Waals surface area contributed by atoms with E-state index in [-0.39, 0.29) is 11.8 Å². The van der Waals surface area contributed by atoms with Crippen molar-refractivity contribution in [1.29, 1.82) is 0 Å². The second kappa shape index (κ2) is 7.92. The third-order valence-corrected chi connectivity index (χ3v) is 3.70. The Hall–Kier alpha value is -1.39. The Morgan fingerprint density at radius 3 is 2.42 bits per heavy atom. The first kappa shape index (κ1) is 15.7. The highest BCUT2D eigenvalue weighted by atomic mass is 16.2. The molecule has 0 fully saturated rings. The van der Waals surface area contributed by atoms with E-state index in [1.54, 1.807) is 0 Å². The van der Waals surface area contributed by atoms with E-state index in [1.165, 1.54) is 0 Å². The molecule has 2 atom stereocenters. The van der Waals surface area contributed by atoms with Gasteiger partial charge in [-0.15, -0.1) is 0 Å². The molecule has 0 radical (unpaired) electrons. The van der Waals surface area contributed by atoms with Gasteiger partial charge in [0, 0.05) is 12.6 Å². The van der Waals surface area contributed by atoms with Crippen LogP contribution in [0.5, 0.6) is 0 Å². The Morgan fingerprint density at radius 1 is 1.32 bits per heavy atom. The van der Waals surface area contributed by atoms with Gasteiger partial charge in [-0.25, -0.2) is 5.84 Å². The van der Waals surface area contributed by atoms with E-state index < -0.39 is 0 Å². The molecule has 4 heteroatoms. The van der Waals surface area contributed by atoms with Gasteiger partial charge in [-0.2, -0.15) is 0 Å². The third-order valence-electron chi connectivity index (χ3n) is 3.70. The number of amides is 1. The summed E-state index contributed by atoms with van der Waals surface area (Å²) in [6.45, 7) is 8.09. The molecule has 0 saturated heterocycles. The zero-order valence-electron chi connectivity index (χ0n) is 12.1. The van der Waals surface area contributed by atoms with Gasteiger partial charge in [-0.05, 0) is 25.5 Å². The fraction of sp³-hybridized carbons (Fsp3) is 0.533. The van der Waals surface area contributed by atoms with Crippen molar-refractivity contribution in [3.05, 3.63) is 35.9 Å². The standard InChI is InChI=1S/C15H25N3O/c1-4-12(3)18(5-2)11-14(15(19)17-16)13-9-7-6-8-10-13/h6-10,12,14H,4-5,11,16H2,1-3H3,(H,17,19). The summed E-state index contributed by atoms with van der Waals surface area (Å²) in [5.74, 6) is 4.96. The van der Waals surface area contributed by atoms with Crippen LogP contribution in [0.1, 0.15) is 38.7 Å². The summed E-state index contributed by atoms with van der Waals surface area (Å²) in [5.41, 5.74) is 3.29. The number of hydrogen-bond donors (Lipinski definition) is 2. The summed E-state index contributed by atoms with van der Waals surface area (Å²) in [5, 5.41) is 0. The highest BCUT2D eigenvalue weighted by molar-refractivity contribution is 5.83. The van der Waals surface area contributed by atoms with Crippen LogP contribution < -0.4 is 11.3 Å². The van der Waals surface area contributed by atoms with Crippen LogP contribution in [0.3, 0.4) is 0 Å². The van der Waals surface area contributed by atoms with Gasteiger partial charge in [0.2, 0.25) is 5.91 Å². The minimum absolute atomic E-state index is 0.132. The van der Waals surface area contributed by atoms with E-state index in [2.05, 4.69) is 31.1 Å². The minimum Gasteiger partial charge on any atom is -0.300 e. The molecular weight excluding hydrogens is 238 g/mol. The lowest BCUT2D eigenvalue weighted by Gasteiger charge is -2.30. The van der Waals surface area contributed by atoms with Gasteiger partial charge < -0.3 is 0 Å². The number of likely N-dealkylation sites (N-methyl/N-ethyl adjacent to an activating group) is 1. The van der Waals surface area contributed by atoms with E-state index in [0.717, 1.165) is 18.5 Å². The van der Waals surface area contributed by atoms with E-state index in [9.17, 15) is 4.79 Å². The van der Waals surface area contributed by atoms with Gasteiger partial charge in [0.1, 0.15) is 0 Å². The molecule has 1 amide bonds. The summed E-state index contributed by atoms with van der Waals surface area (Å²) in [4.78, 5) is 14.3. The van der Waals surface area contributed by atoms with Gasteiger partial charge in [0.15, 0.2) is 0 Å². The van der Waals surface area contributed by atoms with E-state index >= 15 is 0 Å². The van der Waals surface area contributed by atoms with Crippen LogP contribution >= 0.6 is 0 Å². The smallest absolute Gasteiger partial charge is 0.242 e. The number of carbonyl (C=O) groups is 1. The molecule has 1 aromatic rings. The number of nitrogens with one attached hydrogen (secondary N) is 1. The van der Waals surface area contributed by atoms with Crippen molar-refractivity contribution in [1.82, 2.24) is 10.3 Å². The highest BCUT2D eigenvalue weighted by Crippen LogP contribution is 2.19. The van der Waals surface area contributed by atoms with Crippen molar-refractivity contribution < 1.29 is 4.79 Å². The number of rotatable bonds is 7. The molecule has 0 saturated carbocycles. The van der Waals surface area contributed by atoms with Gasteiger partial charge in [0.25, 0.3) is 0 Å². The first-order valence-corrected chi connectivity index (χ1v) is 6.93. The fourth-order valence-corrected chi connectivity index (χ4v) is 2.24. The predicted octanol–water partition coefficient (Wildman–Crippen LogP) is 1.88. The molecule has 0 spiro atoms. The normalized spacial score (nSPS) is 14.2. The van der Waals surface area contributed by atoms with Crippen LogP contribution in [-0.4, -0.2) is 29.9 Å². The monoisotopic (exact) mass is 263 g/mol. The lowest BCUT2D eigenvalue weighted by molar-refractivity contribution is -0.123. The van der Waals surface area contributed by atoms with Gasteiger partial charge in [0.05, 0.1) is 5.92 Å². The molecule has 0 aliphatic rings. The summed E-state index contributed by atoms with van der Waals surface area (Å²) in [7, 11) is 0. The number of nitrogens with zero attached hydrogens (tertiary/aromatic N) is 1. The Labute approximate surface area is 115 Å². The summed E-state index contributed by atoms with van der Waals surface area (Å²) in [6, 6.07) is 10.3. The zero-order chi connectivity index (χ0) is 14.3. The van der Waals surface area contributed by atoms with Crippen molar-refractivity contribution in [3.8, 4) is 0 Å². The maximum Gasteiger partial charge on any atom is 0.242 e. The Bertz CT molecular complexity index is 380. The van der Waals surface area contributed by atoms with Gasteiger partial charge >= 0.3 is 0 Å². The van der Waals surface area contributed by atoms with E-state index in [1.807, 2.05) is 30.3 Å². The molecule has 2 unspecified atom stereocenters. The minimum atomic E-state index is -0.222. The van der Waals surface area contributed by atoms with Crippen LogP contribution in [0, 0.1) is 0 Å². The topological polar surface area (TPSA) is 58.4 Å². The van der Waals surface area contributed by atoms with Crippen molar-refractivity contribution in [3.63, 3.8) is 0 Å². The van der Waals surface area contributed by atoms with Crippen LogP contribution in [0.4, 0.5) is 0 Å². The molecule has 1 aromatic carbocycles. The van der Waals surface area contributed by atoms with E-state index in [0.29, 0.717) is 12.6 Å². The molecule has 19 heavy (non-hydrogen) atoms. The van der Waals surface area contributed by atoms with Crippen LogP contribution in [0.25, 0.3) is 0 Å². The third kappa shape index (κ3) is 4.33. The van der Waals surface area contributed by atoms with Crippen molar-refractivity contribution in [2.24, 2.45) is 5.84 Å². The van der Waals surface area contributed by atoms with Gasteiger partial charge in [-0.1, -0.05) is 44.2 Å². The summed E-state index contributed by atoms with van der Waals surface area (Å²) < 4.78 is 0. The SMILES string of the molecule is CCC(C)N(CC)CC(C(=O)NN)c1ccccc1. The molecule has 3 N–H and O–H groups in total. The molecule has 0 aliphatic heterocycles. The lowest BCUT2D eigenvalue weighted by atomic mass is 9.97. The molecule has 0 aromatic heterocycles. The highest BCUT2D eigenvalue weighted by Gasteiger charge is 2.24. The molecule has 0 heterocycles. The lowest BCUT2D eigenvalue weighted by Crippen LogP contribution is -2.43. The van der Waals surface area contributed by atoms with Crippen molar-refractivity contribution in [2.45, 2.75) is 39.2 Å². The molecule has 4 nitrogen and oxygen atoms in total. The first-order chi connectivity index (χ1) is 9.13. The largest absolute Gasteiger partial charge is 0.300 e. The average molecular weight is 263 g/mol. The Kier molecular flexibility index (Phi) is 6.53. The number of hydrogen-bond acceptors (Lipinski definition) is 3.